The van der Waals surface area contributed by atoms with E-state index >= 15 is 0 Å². The van der Waals surface area contributed by atoms with Gasteiger partial charge in [0, 0.05) is 31.7 Å². The Kier molecular flexibility index (Phi) is 8.15. The predicted molar refractivity (Wildman–Crippen MR) is 102 cm³/mol. The molecule has 2 saturated heterocycles. The SMILES string of the molecule is Cc1ccc(CNC(=O)C(N)C2CCOCC2)c(OC2CCOC2)c1.Cl. The Morgan fingerprint density at radius 1 is 1.27 bits per heavy atom. The molecule has 3 rings (SSSR count). The summed E-state index contributed by atoms with van der Waals surface area (Å²) in [6, 6.07) is 5.55. The molecule has 0 aromatic heterocycles. The maximum absolute atomic E-state index is 12.4. The van der Waals surface area contributed by atoms with Gasteiger partial charge in [0.1, 0.15) is 11.9 Å². The molecule has 0 saturated carbocycles. The quantitative estimate of drug-likeness (QED) is 0.783. The van der Waals surface area contributed by atoms with E-state index < -0.39 is 6.04 Å². The Morgan fingerprint density at radius 2 is 2.00 bits per heavy atom. The topological polar surface area (TPSA) is 82.8 Å². The number of hydrogen-bond acceptors (Lipinski definition) is 5. The van der Waals surface area contributed by atoms with Gasteiger partial charge >= 0.3 is 0 Å². The van der Waals surface area contributed by atoms with Crippen molar-refractivity contribution in [1.82, 2.24) is 5.32 Å². The fraction of sp³-hybridized carbons (Fsp3) is 0.632. The molecular formula is C19H29ClN2O4. The van der Waals surface area contributed by atoms with E-state index in [2.05, 4.69) is 5.32 Å². The van der Waals surface area contributed by atoms with Gasteiger partial charge in [0.2, 0.25) is 5.91 Å². The summed E-state index contributed by atoms with van der Waals surface area (Å²) in [7, 11) is 0. The first kappa shape index (κ1) is 21.0. The van der Waals surface area contributed by atoms with E-state index in [9.17, 15) is 4.79 Å². The van der Waals surface area contributed by atoms with E-state index in [-0.39, 0.29) is 30.3 Å². The summed E-state index contributed by atoms with van der Waals surface area (Å²) in [5, 5.41) is 2.96. The summed E-state index contributed by atoms with van der Waals surface area (Å²) in [6.45, 7) is 5.17. The fourth-order valence-corrected chi connectivity index (χ4v) is 3.29. The zero-order valence-electron chi connectivity index (χ0n) is 15.2. The molecule has 2 unspecified atom stereocenters. The molecule has 3 N–H and O–H groups in total. The van der Waals surface area contributed by atoms with Crippen molar-refractivity contribution >= 4 is 18.3 Å². The standard InChI is InChI=1S/C19H28N2O4.ClH/c1-13-2-3-15(17(10-13)25-16-6-9-24-12-16)11-21-19(22)18(20)14-4-7-23-8-5-14;/h2-3,10,14,16,18H,4-9,11-12,20H2,1H3,(H,21,22);1H. The van der Waals surface area contributed by atoms with Gasteiger partial charge in [0.05, 0.1) is 19.3 Å². The Hall–Kier alpha value is -1.34. The molecule has 0 bridgehead atoms. The van der Waals surface area contributed by atoms with E-state index in [0.29, 0.717) is 26.4 Å². The first-order valence-corrected chi connectivity index (χ1v) is 9.08. The number of amides is 1. The lowest BCUT2D eigenvalue weighted by atomic mass is 9.92. The average molecular weight is 385 g/mol. The van der Waals surface area contributed by atoms with Gasteiger partial charge in [-0.3, -0.25) is 4.79 Å². The van der Waals surface area contributed by atoms with Gasteiger partial charge in [-0.2, -0.15) is 0 Å². The van der Waals surface area contributed by atoms with E-state index in [1.807, 2.05) is 25.1 Å². The number of ether oxygens (including phenoxy) is 3. The van der Waals surface area contributed by atoms with E-state index in [4.69, 9.17) is 19.9 Å². The minimum atomic E-state index is -0.484. The highest BCUT2D eigenvalue weighted by Gasteiger charge is 2.26. The Bertz CT molecular complexity index is 587. The van der Waals surface area contributed by atoms with Crippen molar-refractivity contribution in [1.29, 1.82) is 0 Å². The summed E-state index contributed by atoms with van der Waals surface area (Å²) in [5.74, 6) is 0.899. The van der Waals surface area contributed by atoms with E-state index in [1.165, 1.54) is 0 Å². The highest BCUT2D eigenvalue weighted by Crippen LogP contribution is 2.24. The molecule has 0 aliphatic carbocycles. The van der Waals surface area contributed by atoms with Crippen molar-refractivity contribution in [3.8, 4) is 5.75 Å². The molecule has 7 heteroatoms. The van der Waals surface area contributed by atoms with Crippen LogP contribution in [0.2, 0.25) is 0 Å². The van der Waals surface area contributed by atoms with Gasteiger partial charge < -0.3 is 25.3 Å². The zero-order valence-corrected chi connectivity index (χ0v) is 16.1. The van der Waals surface area contributed by atoms with E-state index in [1.54, 1.807) is 0 Å². The van der Waals surface area contributed by atoms with Crippen LogP contribution in [0.3, 0.4) is 0 Å². The molecule has 0 spiro atoms. The summed E-state index contributed by atoms with van der Waals surface area (Å²) < 4.78 is 16.8. The zero-order chi connectivity index (χ0) is 17.6. The molecule has 2 aliphatic rings. The average Bonchev–Trinajstić information content (AvgIpc) is 3.14. The second kappa shape index (κ2) is 10.1. The van der Waals surface area contributed by atoms with Gasteiger partial charge in [-0.1, -0.05) is 12.1 Å². The second-order valence-electron chi connectivity index (χ2n) is 6.91. The Labute approximate surface area is 161 Å². The molecule has 6 nitrogen and oxygen atoms in total. The van der Waals surface area contributed by atoms with Crippen LogP contribution in [-0.4, -0.2) is 44.5 Å². The number of carbonyl (C=O) groups excluding carboxylic acids is 1. The van der Waals surface area contributed by atoms with Crippen LogP contribution < -0.4 is 15.8 Å². The lowest BCUT2D eigenvalue weighted by Crippen LogP contribution is -2.46. The van der Waals surface area contributed by atoms with Crippen LogP contribution in [0.4, 0.5) is 0 Å². The summed E-state index contributed by atoms with van der Waals surface area (Å²) in [4.78, 5) is 12.4. The van der Waals surface area contributed by atoms with Gasteiger partial charge in [-0.25, -0.2) is 0 Å². The second-order valence-corrected chi connectivity index (χ2v) is 6.91. The van der Waals surface area contributed by atoms with Gasteiger partial charge in [0.25, 0.3) is 0 Å². The van der Waals surface area contributed by atoms with Crippen molar-refractivity contribution in [2.45, 2.75) is 44.9 Å². The number of rotatable bonds is 6. The molecular weight excluding hydrogens is 356 g/mol. The van der Waals surface area contributed by atoms with Crippen LogP contribution in [0.1, 0.15) is 30.4 Å². The third-order valence-electron chi connectivity index (χ3n) is 4.93. The highest BCUT2D eigenvalue weighted by atomic mass is 35.5. The molecule has 2 aliphatic heterocycles. The minimum Gasteiger partial charge on any atom is -0.488 e. The molecule has 1 aromatic carbocycles. The molecule has 2 atom stereocenters. The van der Waals surface area contributed by atoms with Crippen LogP contribution in [0, 0.1) is 12.8 Å². The van der Waals surface area contributed by atoms with Crippen LogP contribution in [0.5, 0.6) is 5.75 Å². The molecule has 2 fully saturated rings. The van der Waals surface area contributed by atoms with E-state index in [0.717, 1.165) is 42.7 Å². The number of aryl methyl sites for hydroxylation is 1. The number of hydrogen-bond donors (Lipinski definition) is 2. The fourth-order valence-electron chi connectivity index (χ4n) is 3.29. The van der Waals surface area contributed by atoms with Crippen LogP contribution in [0.25, 0.3) is 0 Å². The molecule has 1 aromatic rings. The lowest BCUT2D eigenvalue weighted by Gasteiger charge is -2.27. The third-order valence-corrected chi connectivity index (χ3v) is 4.93. The molecule has 146 valence electrons. The van der Waals surface area contributed by atoms with Crippen LogP contribution in [-0.2, 0) is 20.8 Å². The Balaban J connectivity index is 0.00000243. The van der Waals surface area contributed by atoms with Crippen LogP contribution >= 0.6 is 12.4 Å². The number of nitrogens with two attached hydrogens (primary N) is 1. The maximum Gasteiger partial charge on any atom is 0.237 e. The summed E-state index contributed by atoms with van der Waals surface area (Å²) in [5.41, 5.74) is 8.23. The number of carbonyl (C=O) groups is 1. The van der Waals surface area contributed by atoms with Crippen molar-refractivity contribution in [2.24, 2.45) is 11.7 Å². The highest BCUT2D eigenvalue weighted by molar-refractivity contribution is 5.85. The molecule has 2 heterocycles. The first-order valence-electron chi connectivity index (χ1n) is 9.08. The monoisotopic (exact) mass is 384 g/mol. The molecule has 1 amide bonds. The summed E-state index contributed by atoms with van der Waals surface area (Å²) >= 11 is 0. The molecule has 26 heavy (non-hydrogen) atoms. The lowest BCUT2D eigenvalue weighted by molar-refractivity contribution is -0.124. The number of halogens is 1. The predicted octanol–water partition coefficient (Wildman–Crippen LogP) is 1.95. The van der Waals surface area contributed by atoms with Crippen molar-refractivity contribution in [3.63, 3.8) is 0 Å². The van der Waals surface area contributed by atoms with Gasteiger partial charge in [-0.05, 0) is 37.3 Å². The van der Waals surface area contributed by atoms with Gasteiger partial charge in [0.15, 0.2) is 0 Å². The molecule has 0 radical (unpaired) electrons. The number of benzene rings is 1. The first-order chi connectivity index (χ1) is 12.1. The van der Waals surface area contributed by atoms with Crippen molar-refractivity contribution in [2.75, 3.05) is 26.4 Å². The van der Waals surface area contributed by atoms with Gasteiger partial charge in [-0.15, -0.1) is 12.4 Å². The third kappa shape index (κ3) is 5.58. The Morgan fingerprint density at radius 3 is 2.69 bits per heavy atom. The number of nitrogens with one attached hydrogen (secondary N) is 1. The van der Waals surface area contributed by atoms with Crippen molar-refractivity contribution in [3.05, 3.63) is 29.3 Å². The van der Waals surface area contributed by atoms with Crippen LogP contribution in [0.15, 0.2) is 18.2 Å². The minimum absolute atomic E-state index is 0. The largest absolute Gasteiger partial charge is 0.488 e. The maximum atomic E-state index is 12.4. The normalized spacial score (nSPS) is 21.7. The van der Waals surface area contributed by atoms with Crippen molar-refractivity contribution < 1.29 is 19.0 Å². The summed E-state index contributed by atoms with van der Waals surface area (Å²) in [6.07, 6.45) is 2.67. The smallest absolute Gasteiger partial charge is 0.237 e.